The highest BCUT2D eigenvalue weighted by Gasteiger charge is 2.21. The van der Waals surface area contributed by atoms with Crippen molar-refractivity contribution >= 4 is 15.8 Å². The van der Waals surface area contributed by atoms with Crippen molar-refractivity contribution in [2.45, 2.75) is 25.5 Å². The quantitative estimate of drug-likeness (QED) is 0.666. The average molecular weight is 353 g/mol. The molecule has 0 radical (unpaired) electrons. The first kappa shape index (κ1) is 19.6. The van der Waals surface area contributed by atoms with Gasteiger partial charge in [0.15, 0.2) is 0 Å². The van der Waals surface area contributed by atoms with Crippen LogP contribution in [0.15, 0.2) is 24.8 Å². The first-order chi connectivity index (χ1) is 10.6. The maximum absolute atomic E-state index is 13.0. The molecule has 23 heavy (non-hydrogen) atoms. The van der Waals surface area contributed by atoms with E-state index in [4.69, 9.17) is 8.42 Å². The topological polar surface area (TPSA) is 46.2 Å². The molecule has 2 rings (SSSR count). The predicted molar refractivity (Wildman–Crippen MR) is 81.8 cm³/mol. The van der Waals surface area contributed by atoms with Gasteiger partial charge in [0.1, 0.15) is 5.82 Å². The van der Waals surface area contributed by atoms with E-state index in [1.165, 1.54) is 11.6 Å². The fourth-order valence-corrected chi connectivity index (χ4v) is 2.38. The molecule has 3 nitrogen and oxygen atoms in total. The highest BCUT2D eigenvalue weighted by molar-refractivity contribution is 7.86. The molecule has 0 aromatic heterocycles. The molecule has 0 bridgehead atoms. The van der Waals surface area contributed by atoms with Crippen LogP contribution in [0.4, 0.5) is 17.1 Å². The van der Waals surface area contributed by atoms with Gasteiger partial charge in [0, 0.05) is 0 Å². The molecular formula is C15H19F4NO2S. The Kier molecular flexibility index (Phi) is 7.21. The number of alkyl halides is 2. The van der Waals surface area contributed by atoms with Crippen LogP contribution < -0.4 is 5.32 Å². The Balaban J connectivity index is 0.000000322. The van der Waals surface area contributed by atoms with E-state index in [-0.39, 0.29) is 5.82 Å². The maximum atomic E-state index is 13.0. The molecule has 0 aliphatic carbocycles. The molecule has 1 aromatic carbocycles. The highest BCUT2D eigenvalue weighted by atomic mass is 32.3. The zero-order valence-corrected chi connectivity index (χ0v) is 13.5. The third-order valence-electron chi connectivity index (χ3n) is 3.58. The van der Waals surface area contributed by atoms with Gasteiger partial charge in [-0.05, 0) is 67.6 Å². The number of nitrogens with one attached hydrogen (secondary N) is 1. The van der Waals surface area contributed by atoms with E-state index in [1.807, 2.05) is 13.0 Å². The molecule has 1 saturated heterocycles. The minimum Gasteiger partial charge on any atom is -0.317 e. The Morgan fingerprint density at radius 3 is 2.26 bits per heavy atom. The number of halogens is 4. The molecule has 1 heterocycles. The third kappa shape index (κ3) is 6.31. The average Bonchev–Trinajstić information content (AvgIpc) is 2.47. The second-order valence-corrected chi connectivity index (χ2v) is 6.55. The summed E-state index contributed by atoms with van der Waals surface area (Å²) in [5.41, 5.74) is 3.27. The molecule has 0 atom stereocenters. The fraction of sp³-hybridized carbons (Fsp3) is 0.467. The van der Waals surface area contributed by atoms with Crippen molar-refractivity contribution in [1.29, 1.82) is 0 Å². The summed E-state index contributed by atoms with van der Waals surface area (Å²) in [6.45, 7) is 8.26. The van der Waals surface area contributed by atoms with Gasteiger partial charge in [-0.15, -0.1) is 0 Å². The maximum Gasteiger partial charge on any atom is 0.365 e. The molecule has 1 fully saturated rings. The van der Waals surface area contributed by atoms with Gasteiger partial charge in [-0.2, -0.15) is 17.2 Å². The van der Waals surface area contributed by atoms with Crippen LogP contribution in [0.3, 0.4) is 0 Å². The van der Waals surface area contributed by atoms with Gasteiger partial charge in [-0.25, -0.2) is 4.39 Å². The van der Waals surface area contributed by atoms with Crippen LogP contribution in [0, 0.1) is 18.7 Å². The highest BCUT2D eigenvalue weighted by Crippen LogP contribution is 2.30. The first-order valence-corrected chi connectivity index (χ1v) is 8.45. The summed E-state index contributed by atoms with van der Waals surface area (Å²) in [6.07, 6.45) is 2.27. The Morgan fingerprint density at radius 2 is 1.83 bits per heavy atom. The van der Waals surface area contributed by atoms with Gasteiger partial charge in [-0.1, -0.05) is 16.5 Å². The normalized spacial score (nSPS) is 15.9. The third-order valence-corrected chi connectivity index (χ3v) is 4.00. The first-order valence-electron chi connectivity index (χ1n) is 7.00. The summed E-state index contributed by atoms with van der Waals surface area (Å²) in [7, 11) is -5.57. The number of hydrogen-bond donors (Lipinski definition) is 1. The lowest BCUT2D eigenvalue weighted by atomic mass is 9.85. The SMILES string of the molecule is C=C(c1ccc(F)cc1C)C1CCNCC1.O=S(=O)(F)C(F)F. The summed E-state index contributed by atoms with van der Waals surface area (Å²) in [6, 6.07) is 4.96. The minimum absolute atomic E-state index is 0.167. The van der Waals surface area contributed by atoms with Gasteiger partial charge in [-0.3, -0.25) is 0 Å². The molecule has 1 N–H and O–H groups in total. The molecule has 1 aromatic rings. The fourth-order valence-electron chi connectivity index (χ4n) is 2.38. The Morgan fingerprint density at radius 1 is 1.30 bits per heavy atom. The monoisotopic (exact) mass is 353 g/mol. The summed E-state index contributed by atoms with van der Waals surface area (Å²) in [5, 5.41) is 3.34. The molecule has 8 heteroatoms. The van der Waals surface area contributed by atoms with Crippen LogP contribution in [0.25, 0.3) is 5.57 Å². The van der Waals surface area contributed by atoms with Crippen molar-refractivity contribution in [3.8, 4) is 0 Å². The number of rotatable bonds is 3. The van der Waals surface area contributed by atoms with Crippen molar-refractivity contribution in [3.63, 3.8) is 0 Å². The molecule has 130 valence electrons. The Labute approximate surface area is 133 Å². The molecule has 0 saturated carbocycles. The van der Waals surface area contributed by atoms with Crippen LogP contribution in [0.1, 0.15) is 24.0 Å². The van der Waals surface area contributed by atoms with Crippen LogP contribution in [0.5, 0.6) is 0 Å². The van der Waals surface area contributed by atoms with Gasteiger partial charge in [0.05, 0.1) is 0 Å². The Hall–Kier alpha value is -1.41. The summed E-state index contributed by atoms with van der Waals surface area (Å²) >= 11 is 0. The van der Waals surface area contributed by atoms with Crippen molar-refractivity contribution in [1.82, 2.24) is 5.32 Å². The van der Waals surface area contributed by atoms with E-state index in [1.54, 1.807) is 6.07 Å². The van der Waals surface area contributed by atoms with E-state index in [0.29, 0.717) is 5.92 Å². The Bertz CT molecular complexity index is 641. The van der Waals surface area contributed by atoms with E-state index >= 15 is 0 Å². The van der Waals surface area contributed by atoms with Crippen LogP contribution in [0.2, 0.25) is 0 Å². The van der Waals surface area contributed by atoms with Crippen molar-refractivity contribution < 1.29 is 25.5 Å². The molecule has 1 aliphatic heterocycles. The van der Waals surface area contributed by atoms with E-state index in [2.05, 4.69) is 11.9 Å². The van der Waals surface area contributed by atoms with Crippen LogP contribution >= 0.6 is 0 Å². The van der Waals surface area contributed by atoms with E-state index < -0.39 is 16.0 Å². The van der Waals surface area contributed by atoms with Gasteiger partial charge in [0.2, 0.25) is 0 Å². The summed E-state index contributed by atoms with van der Waals surface area (Å²) in [4.78, 5) is 0. The summed E-state index contributed by atoms with van der Waals surface area (Å²) < 4.78 is 62.7. The largest absolute Gasteiger partial charge is 0.365 e. The van der Waals surface area contributed by atoms with Gasteiger partial charge >= 0.3 is 16.0 Å². The lowest BCUT2D eigenvalue weighted by Crippen LogP contribution is -2.28. The zero-order chi connectivity index (χ0) is 17.6. The van der Waals surface area contributed by atoms with Gasteiger partial charge in [0.25, 0.3) is 0 Å². The second-order valence-electron chi connectivity index (χ2n) is 5.24. The lowest BCUT2D eigenvalue weighted by molar-refractivity contribution is 0.226. The standard InChI is InChI=1S/C14H18FN.CHF3O2S/c1-10-9-13(15)3-4-14(10)11(2)12-5-7-16-8-6-12;2-1(3)7(4,5)6/h3-4,9,12,16H,2,5-8H2,1H3;1H. The van der Waals surface area contributed by atoms with Crippen LogP contribution in [-0.4, -0.2) is 27.3 Å². The number of hydrogen-bond acceptors (Lipinski definition) is 3. The molecule has 0 spiro atoms. The smallest absolute Gasteiger partial charge is 0.317 e. The molecule has 1 aliphatic rings. The molecule has 0 amide bonds. The van der Waals surface area contributed by atoms with Crippen LogP contribution in [-0.2, 0) is 10.2 Å². The summed E-state index contributed by atoms with van der Waals surface area (Å²) in [5.74, 6) is -3.52. The number of piperidine rings is 1. The zero-order valence-electron chi connectivity index (χ0n) is 12.7. The second kappa shape index (κ2) is 8.44. The van der Waals surface area contributed by atoms with Crippen molar-refractivity contribution in [3.05, 3.63) is 41.7 Å². The van der Waals surface area contributed by atoms with Gasteiger partial charge < -0.3 is 5.32 Å². The number of benzene rings is 1. The predicted octanol–water partition coefficient (Wildman–Crippen LogP) is 3.66. The minimum atomic E-state index is -5.57. The molecule has 0 unspecified atom stereocenters. The number of allylic oxidation sites excluding steroid dienone is 1. The molecular weight excluding hydrogens is 334 g/mol. The lowest BCUT2D eigenvalue weighted by Gasteiger charge is -2.25. The van der Waals surface area contributed by atoms with Crippen molar-refractivity contribution in [2.24, 2.45) is 5.92 Å². The van der Waals surface area contributed by atoms with Crippen molar-refractivity contribution in [2.75, 3.05) is 13.1 Å². The number of aryl methyl sites for hydroxylation is 1. The van der Waals surface area contributed by atoms with E-state index in [9.17, 15) is 17.1 Å². The van der Waals surface area contributed by atoms with E-state index in [0.717, 1.165) is 37.1 Å².